The van der Waals surface area contributed by atoms with E-state index >= 15 is 0 Å². The Morgan fingerprint density at radius 3 is 2.37 bits per heavy atom. The number of nitrogens with zero attached hydrogens (tertiary/aromatic N) is 2. The predicted molar refractivity (Wildman–Crippen MR) is 198 cm³/mol. The highest BCUT2D eigenvalue weighted by atomic mass is 32.2. The third-order valence-corrected chi connectivity index (χ3v) is 12.3. The Balaban J connectivity index is 1.18. The summed E-state index contributed by atoms with van der Waals surface area (Å²) >= 11 is -1.53. The number of aromatic nitrogens is 2. The highest BCUT2D eigenvalue weighted by Crippen LogP contribution is 2.66. The molecule has 49 heavy (non-hydrogen) atoms. The molecule has 2 fully saturated rings. The normalized spacial score (nSPS) is 28.4. The van der Waals surface area contributed by atoms with Gasteiger partial charge >= 0.3 is 0 Å². The Labute approximate surface area is 295 Å². The lowest BCUT2D eigenvalue weighted by Crippen LogP contribution is -2.60. The van der Waals surface area contributed by atoms with Crippen LogP contribution >= 0.6 is 0 Å². The van der Waals surface area contributed by atoms with E-state index in [2.05, 4.69) is 93.9 Å². The molecule has 7 heteroatoms. The van der Waals surface area contributed by atoms with Gasteiger partial charge < -0.3 is 14.4 Å². The number of ether oxygens (including phenoxy) is 1. The lowest BCUT2D eigenvalue weighted by atomic mass is 9.43. The van der Waals surface area contributed by atoms with E-state index in [0.717, 1.165) is 78.6 Å². The van der Waals surface area contributed by atoms with Gasteiger partial charge in [0.1, 0.15) is 11.4 Å². The Hall–Kier alpha value is -3.39. The molecule has 2 saturated carbocycles. The number of nitrogens with one attached hydrogen (secondary N) is 1. The van der Waals surface area contributed by atoms with Crippen molar-refractivity contribution in [2.45, 2.75) is 96.5 Å². The number of hydrogen-bond donors (Lipinski definition) is 2. The lowest BCUT2D eigenvalue weighted by Gasteiger charge is -2.63. The van der Waals surface area contributed by atoms with E-state index in [9.17, 15) is 9.66 Å². The van der Waals surface area contributed by atoms with Crippen LogP contribution in [0.4, 0.5) is 5.95 Å². The average Bonchev–Trinajstić information content (AvgIpc) is 3.01. The summed E-state index contributed by atoms with van der Waals surface area (Å²) in [6, 6.07) is 26.8. The molecule has 2 N–H and O–H groups in total. The van der Waals surface area contributed by atoms with Crippen molar-refractivity contribution in [1.82, 2.24) is 9.97 Å². The average molecular weight is 678 g/mol. The molecule has 6 nitrogen and oxygen atoms in total. The minimum absolute atomic E-state index is 0.129. The van der Waals surface area contributed by atoms with Crippen LogP contribution in [0, 0.1) is 42.4 Å². The largest absolute Gasteiger partial charge is 0.588 e. The molecule has 4 bridgehead atoms. The van der Waals surface area contributed by atoms with Crippen LogP contribution in [0.2, 0.25) is 0 Å². The number of aliphatic hydroxyl groups is 1. The Morgan fingerprint density at radius 1 is 0.939 bits per heavy atom. The number of aryl methyl sites for hydroxylation is 3. The summed E-state index contributed by atoms with van der Waals surface area (Å²) in [5.41, 5.74) is 6.26. The quantitative estimate of drug-likeness (QED) is 0.205. The Morgan fingerprint density at radius 2 is 1.65 bits per heavy atom. The van der Waals surface area contributed by atoms with Gasteiger partial charge in [0.05, 0.1) is 17.9 Å². The van der Waals surface area contributed by atoms with Crippen molar-refractivity contribution in [2.75, 3.05) is 11.3 Å². The van der Waals surface area contributed by atoms with Gasteiger partial charge in [-0.15, -0.1) is 0 Å². The van der Waals surface area contributed by atoms with Crippen LogP contribution in [-0.2, 0) is 24.2 Å². The van der Waals surface area contributed by atoms with Crippen LogP contribution in [0.3, 0.4) is 0 Å². The summed E-state index contributed by atoms with van der Waals surface area (Å²) < 4.78 is 23.4. The first-order valence-electron chi connectivity index (χ1n) is 18.0. The van der Waals surface area contributed by atoms with E-state index in [4.69, 9.17) is 14.7 Å². The van der Waals surface area contributed by atoms with E-state index in [-0.39, 0.29) is 10.8 Å². The highest BCUT2D eigenvalue weighted by molar-refractivity contribution is 7.92. The maximum atomic E-state index is 13.6. The van der Waals surface area contributed by atoms with Gasteiger partial charge in [-0.25, -0.2) is 4.98 Å². The van der Waals surface area contributed by atoms with E-state index in [1.807, 2.05) is 24.3 Å². The number of rotatable bonds is 5. The second-order valence-corrected chi connectivity index (χ2v) is 17.9. The van der Waals surface area contributed by atoms with Crippen molar-refractivity contribution < 1.29 is 14.4 Å². The maximum Gasteiger partial charge on any atom is 0.269 e. The third kappa shape index (κ3) is 7.69. The molecule has 3 aliphatic rings. The van der Waals surface area contributed by atoms with Crippen molar-refractivity contribution in [3.8, 4) is 17.1 Å². The Bertz CT molecular complexity index is 1750. The van der Waals surface area contributed by atoms with Gasteiger partial charge in [-0.1, -0.05) is 81.4 Å². The maximum absolute atomic E-state index is 13.6. The molecule has 1 aromatic heterocycles. The van der Waals surface area contributed by atoms with Gasteiger partial charge in [0.25, 0.3) is 5.95 Å². The van der Waals surface area contributed by atoms with Crippen molar-refractivity contribution >= 4 is 17.3 Å². The molecule has 1 aliphatic heterocycles. The molecular weight excluding hydrogens is 627 g/mol. The van der Waals surface area contributed by atoms with Crippen LogP contribution in [-0.4, -0.2) is 31.8 Å². The van der Waals surface area contributed by atoms with Crippen molar-refractivity contribution in [1.29, 1.82) is 0 Å². The van der Waals surface area contributed by atoms with Crippen LogP contribution in [0.25, 0.3) is 11.3 Å². The first kappa shape index (κ1) is 34.1. The van der Waals surface area contributed by atoms with Gasteiger partial charge in [-0.05, 0) is 122 Å². The molecule has 2 heterocycles. The van der Waals surface area contributed by atoms with E-state index in [1.165, 1.54) is 11.1 Å². The topological polar surface area (TPSA) is 90.3 Å². The van der Waals surface area contributed by atoms with Gasteiger partial charge in [-0.2, -0.15) is 9.71 Å². The smallest absolute Gasteiger partial charge is 0.269 e. The van der Waals surface area contributed by atoms with E-state index < -0.39 is 17.0 Å². The SMILES string of the molecule is Cc1cccc(C)c1-c1cc2nc(n1)N[S+]([O-])c1cccc(c1)CCC([C@H]1CC3(C1)C[C@](O)(Cc1ccccc1)C3)[C@H](CC(C)(C)C)CO2. The number of anilines is 1. The number of fused-ring (bicyclic) bond motifs is 4. The molecule has 7 rings (SSSR count). The molecule has 0 radical (unpaired) electrons. The third-order valence-electron chi connectivity index (χ3n) is 11.2. The minimum Gasteiger partial charge on any atom is -0.588 e. The first-order chi connectivity index (χ1) is 23.4. The fraction of sp³-hybridized carbons (Fsp3) is 0.476. The van der Waals surface area contributed by atoms with Crippen molar-refractivity contribution in [3.63, 3.8) is 0 Å². The van der Waals surface area contributed by atoms with Crippen LogP contribution in [0.1, 0.15) is 81.5 Å². The molecule has 2 unspecified atom stereocenters. The molecule has 0 amide bonds. The minimum atomic E-state index is -1.53. The molecule has 4 aromatic rings. The molecule has 3 aromatic carbocycles. The number of hydrogen-bond acceptors (Lipinski definition) is 6. The zero-order valence-corrected chi connectivity index (χ0v) is 30.5. The zero-order valence-electron chi connectivity index (χ0n) is 29.7. The van der Waals surface area contributed by atoms with Crippen molar-refractivity contribution in [2.24, 2.45) is 28.6 Å². The highest BCUT2D eigenvalue weighted by Gasteiger charge is 2.60. The van der Waals surface area contributed by atoms with E-state index in [0.29, 0.717) is 36.2 Å². The second-order valence-electron chi connectivity index (χ2n) is 16.6. The summed E-state index contributed by atoms with van der Waals surface area (Å²) in [5, 5.41) is 11.5. The summed E-state index contributed by atoms with van der Waals surface area (Å²) in [6.07, 6.45) is 7.87. The first-order valence-corrected chi connectivity index (χ1v) is 19.1. The summed E-state index contributed by atoms with van der Waals surface area (Å²) in [5.74, 6) is 2.18. The van der Waals surface area contributed by atoms with Gasteiger partial charge in [0, 0.05) is 18.1 Å². The fourth-order valence-electron chi connectivity index (χ4n) is 9.44. The monoisotopic (exact) mass is 677 g/mol. The molecule has 0 saturated heterocycles. The van der Waals surface area contributed by atoms with Crippen LogP contribution < -0.4 is 9.46 Å². The summed E-state index contributed by atoms with van der Waals surface area (Å²) in [4.78, 5) is 10.3. The summed E-state index contributed by atoms with van der Waals surface area (Å²) in [7, 11) is 0. The predicted octanol–water partition coefficient (Wildman–Crippen LogP) is 9.05. The number of benzene rings is 3. The Kier molecular flexibility index (Phi) is 9.31. The molecule has 1 spiro atoms. The second kappa shape index (κ2) is 13.4. The van der Waals surface area contributed by atoms with E-state index in [1.54, 1.807) is 0 Å². The van der Waals surface area contributed by atoms with Gasteiger partial charge in [0.15, 0.2) is 4.90 Å². The molecule has 2 aliphatic carbocycles. The summed E-state index contributed by atoms with van der Waals surface area (Å²) in [6.45, 7) is 11.7. The molecular formula is C42H51N3O3S. The van der Waals surface area contributed by atoms with Crippen LogP contribution in [0.5, 0.6) is 5.88 Å². The molecule has 3 atom stereocenters. The molecule has 258 valence electrons. The van der Waals surface area contributed by atoms with Crippen LogP contribution in [0.15, 0.2) is 83.8 Å². The van der Waals surface area contributed by atoms with Gasteiger partial charge in [0.2, 0.25) is 5.88 Å². The standard InChI is InChI=1S/C42H51N3O3S/c1-28-11-9-12-29(2)38(28)36-20-37-44-39(43-36)45-49(47)34-16-10-15-30(19-34)17-18-35(33(25-48-37)22-40(3,4)5)32-23-41(24-32)26-42(46,27-41)21-31-13-7-6-8-14-31/h6-16,19-20,32-33,35,46H,17-18,21-27H2,1-5H3,(H,43,44,45)/t32-,33-,35?,41?,42-,49?/m1/s1. The fourth-order valence-corrected chi connectivity index (χ4v) is 10.3. The van der Waals surface area contributed by atoms with Crippen molar-refractivity contribution in [3.05, 3.63) is 101 Å². The zero-order chi connectivity index (χ0) is 34.4. The lowest BCUT2D eigenvalue weighted by molar-refractivity contribution is -0.192. The van der Waals surface area contributed by atoms with Gasteiger partial charge in [-0.3, -0.25) is 0 Å².